The average molecular weight is 206 g/mol. The first kappa shape index (κ1) is 9.83. The van der Waals surface area contributed by atoms with Crippen LogP contribution in [0.1, 0.15) is 23.2 Å². The number of nitrogen functional groups attached to an aromatic ring is 1. The van der Waals surface area contributed by atoms with Gasteiger partial charge >= 0.3 is 5.97 Å². The highest BCUT2D eigenvalue weighted by molar-refractivity contribution is 5.97. The normalized spacial score (nSPS) is 14.9. The van der Waals surface area contributed by atoms with Crippen molar-refractivity contribution in [2.45, 2.75) is 12.8 Å². The summed E-state index contributed by atoms with van der Waals surface area (Å²) in [6.07, 6.45) is 2.45. The van der Waals surface area contributed by atoms with Gasteiger partial charge in [-0.3, -0.25) is 0 Å². The fraction of sp³-hybridized carbons (Fsp3) is 0.364. The number of para-hydroxylation sites is 1. The van der Waals surface area contributed by atoms with Crippen molar-refractivity contribution in [1.82, 2.24) is 0 Å². The van der Waals surface area contributed by atoms with E-state index < -0.39 is 5.97 Å². The summed E-state index contributed by atoms with van der Waals surface area (Å²) in [5.74, 6) is -0.258. The molecule has 1 aromatic carbocycles. The summed E-state index contributed by atoms with van der Waals surface area (Å²) < 4.78 is 0. The molecule has 15 heavy (non-hydrogen) atoms. The van der Waals surface area contributed by atoms with E-state index >= 15 is 0 Å². The van der Waals surface area contributed by atoms with Crippen LogP contribution in [0.25, 0.3) is 0 Å². The van der Waals surface area contributed by atoms with Gasteiger partial charge in [0.25, 0.3) is 0 Å². The number of carboxylic acids is 1. The molecule has 4 heteroatoms. The van der Waals surface area contributed by atoms with Gasteiger partial charge in [-0.1, -0.05) is 6.07 Å². The molecule has 4 N–H and O–H groups in total. The Balaban J connectivity index is 2.20. The number of aromatic carboxylic acids is 1. The Morgan fingerprint density at radius 2 is 2.27 bits per heavy atom. The van der Waals surface area contributed by atoms with E-state index in [1.807, 2.05) is 0 Å². The number of nitrogens with one attached hydrogen (secondary N) is 1. The average Bonchev–Trinajstić information content (AvgIpc) is 2.99. The van der Waals surface area contributed by atoms with Crippen LogP contribution in [0.15, 0.2) is 18.2 Å². The van der Waals surface area contributed by atoms with Crippen LogP contribution in [0, 0.1) is 5.92 Å². The van der Waals surface area contributed by atoms with Crippen LogP contribution in [0.4, 0.5) is 11.4 Å². The molecule has 0 unspecified atom stereocenters. The van der Waals surface area contributed by atoms with Gasteiger partial charge in [-0.2, -0.15) is 0 Å². The first-order chi connectivity index (χ1) is 7.18. The van der Waals surface area contributed by atoms with Crippen molar-refractivity contribution < 1.29 is 9.90 Å². The summed E-state index contributed by atoms with van der Waals surface area (Å²) in [5.41, 5.74) is 7.03. The van der Waals surface area contributed by atoms with Gasteiger partial charge in [-0.05, 0) is 30.9 Å². The van der Waals surface area contributed by atoms with Crippen LogP contribution in [-0.2, 0) is 0 Å². The maximum atomic E-state index is 10.9. The van der Waals surface area contributed by atoms with Crippen LogP contribution < -0.4 is 11.1 Å². The van der Waals surface area contributed by atoms with Crippen LogP contribution in [0.5, 0.6) is 0 Å². The van der Waals surface area contributed by atoms with Gasteiger partial charge in [-0.15, -0.1) is 0 Å². The second-order valence-corrected chi connectivity index (χ2v) is 3.90. The summed E-state index contributed by atoms with van der Waals surface area (Å²) in [4.78, 5) is 10.9. The lowest BCUT2D eigenvalue weighted by Crippen LogP contribution is -2.11. The molecular formula is C11H14N2O2. The monoisotopic (exact) mass is 206 g/mol. The lowest BCUT2D eigenvalue weighted by molar-refractivity contribution is 0.0698. The fourth-order valence-electron chi connectivity index (χ4n) is 1.51. The van der Waals surface area contributed by atoms with Crippen molar-refractivity contribution >= 4 is 17.3 Å². The Morgan fingerprint density at radius 3 is 2.87 bits per heavy atom. The number of carboxylic acid groups (broad SMARTS) is 1. The van der Waals surface area contributed by atoms with Crippen molar-refractivity contribution in [1.29, 1.82) is 0 Å². The summed E-state index contributed by atoms with van der Waals surface area (Å²) in [5, 5.41) is 12.1. The molecule has 0 saturated heterocycles. The van der Waals surface area contributed by atoms with Crippen molar-refractivity contribution in [3.05, 3.63) is 23.8 Å². The minimum absolute atomic E-state index is 0.246. The molecular weight excluding hydrogens is 192 g/mol. The Kier molecular flexibility index (Phi) is 2.49. The summed E-state index contributed by atoms with van der Waals surface area (Å²) >= 11 is 0. The van der Waals surface area contributed by atoms with E-state index in [-0.39, 0.29) is 5.56 Å². The number of rotatable bonds is 4. The van der Waals surface area contributed by atoms with Gasteiger partial charge in [0.2, 0.25) is 0 Å². The summed E-state index contributed by atoms with van der Waals surface area (Å²) in [7, 11) is 0. The smallest absolute Gasteiger partial charge is 0.337 e. The molecule has 0 amide bonds. The lowest BCUT2D eigenvalue weighted by atomic mass is 10.1. The number of nitrogens with two attached hydrogens (primary N) is 1. The Bertz CT molecular complexity index is 386. The maximum Gasteiger partial charge on any atom is 0.337 e. The molecule has 0 bridgehead atoms. The summed E-state index contributed by atoms with van der Waals surface area (Å²) in [6.45, 7) is 0.814. The van der Waals surface area contributed by atoms with Gasteiger partial charge in [0, 0.05) is 6.54 Å². The first-order valence-electron chi connectivity index (χ1n) is 5.04. The molecule has 0 heterocycles. The Morgan fingerprint density at radius 1 is 1.53 bits per heavy atom. The molecule has 0 spiro atoms. The van der Waals surface area contributed by atoms with E-state index in [1.165, 1.54) is 12.8 Å². The van der Waals surface area contributed by atoms with E-state index in [0.29, 0.717) is 17.3 Å². The SMILES string of the molecule is Nc1cccc(C(=O)O)c1NCC1CC1. The highest BCUT2D eigenvalue weighted by Gasteiger charge is 2.22. The third-order valence-electron chi connectivity index (χ3n) is 2.59. The molecule has 1 aromatic rings. The van der Waals surface area contributed by atoms with Crippen LogP contribution in [-0.4, -0.2) is 17.6 Å². The molecule has 80 valence electrons. The van der Waals surface area contributed by atoms with E-state index in [9.17, 15) is 4.79 Å². The number of anilines is 2. The van der Waals surface area contributed by atoms with Gasteiger partial charge in [0.15, 0.2) is 0 Å². The minimum Gasteiger partial charge on any atom is -0.478 e. The van der Waals surface area contributed by atoms with Gasteiger partial charge in [0.1, 0.15) is 0 Å². The zero-order chi connectivity index (χ0) is 10.8. The molecule has 2 rings (SSSR count). The van der Waals surface area contributed by atoms with E-state index in [1.54, 1.807) is 18.2 Å². The van der Waals surface area contributed by atoms with Gasteiger partial charge in [0.05, 0.1) is 16.9 Å². The van der Waals surface area contributed by atoms with E-state index in [0.717, 1.165) is 6.54 Å². The minimum atomic E-state index is -0.944. The zero-order valence-corrected chi connectivity index (χ0v) is 8.36. The highest BCUT2D eigenvalue weighted by atomic mass is 16.4. The number of hydrogen-bond acceptors (Lipinski definition) is 3. The predicted molar refractivity (Wildman–Crippen MR) is 59.0 cm³/mol. The molecule has 0 radical (unpaired) electrons. The molecule has 0 atom stereocenters. The maximum absolute atomic E-state index is 10.9. The highest BCUT2D eigenvalue weighted by Crippen LogP contribution is 2.31. The van der Waals surface area contributed by atoms with Crippen molar-refractivity contribution in [3.8, 4) is 0 Å². The standard InChI is InChI=1S/C11H14N2O2/c12-9-3-1-2-8(11(14)15)10(9)13-6-7-4-5-7/h1-3,7,13H,4-6,12H2,(H,14,15). The molecule has 1 aliphatic carbocycles. The Labute approximate surface area is 88.1 Å². The first-order valence-corrected chi connectivity index (χ1v) is 5.04. The van der Waals surface area contributed by atoms with Crippen LogP contribution in [0.3, 0.4) is 0 Å². The van der Waals surface area contributed by atoms with E-state index in [2.05, 4.69) is 5.32 Å². The molecule has 4 nitrogen and oxygen atoms in total. The molecule has 0 aliphatic heterocycles. The fourth-order valence-corrected chi connectivity index (χ4v) is 1.51. The number of benzene rings is 1. The largest absolute Gasteiger partial charge is 0.478 e. The lowest BCUT2D eigenvalue weighted by Gasteiger charge is -2.11. The third kappa shape index (κ3) is 2.21. The number of hydrogen-bond donors (Lipinski definition) is 3. The van der Waals surface area contributed by atoms with E-state index in [4.69, 9.17) is 10.8 Å². The quantitative estimate of drug-likeness (QED) is 0.656. The molecule has 0 aromatic heterocycles. The van der Waals surface area contributed by atoms with Crippen LogP contribution in [0.2, 0.25) is 0 Å². The molecule has 1 aliphatic rings. The number of carbonyl (C=O) groups is 1. The Hall–Kier alpha value is -1.71. The van der Waals surface area contributed by atoms with Crippen molar-refractivity contribution in [2.75, 3.05) is 17.6 Å². The summed E-state index contributed by atoms with van der Waals surface area (Å²) in [6, 6.07) is 4.93. The molecule has 1 saturated carbocycles. The second kappa shape index (κ2) is 3.81. The molecule has 1 fully saturated rings. The van der Waals surface area contributed by atoms with Crippen molar-refractivity contribution in [3.63, 3.8) is 0 Å². The van der Waals surface area contributed by atoms with Gasteiger partial charge in [-0.25, -0.2) is 4.79 Å². The van der Waals surface area contributed by atoms with Crippen molar-refractivity contribution in [2.24, 2.45) is 5.92 Å². The van der Waals surface area contributed by atoms with Crippen LogP contribution >= 0.6 is 0 Å². The second-order valence-electron chi connectivity index (χ2n) is 3.90. The van der Waals surface area contributed by atoms with Gasteiger partial charge < -0.3 is 16.2 Å². The predicted octanol–water partition coefficient (Wildman–Crippen LogP) is 1.79. The third-order valence-corrected chi connectivity index (χ3v) is 2.59. The zero-order valence-electron chi connectivity index (χ0n) is 8.36. The topological polar surface area (TPSA) is 75.4 Å².